The molecule has 1 unspecified atom stereocenters. The summed E-state index contributed by atoms with van der Waals surface area (Å²) in [5.41, 5.74) is -0.123. The van der Waals surface area contributed by atoms with Gasteiger partial charge in [-0.1, -0.05) is 6.07 Å². The lowest BCUT2D eigenvalue weighted by Gasteiger charge is -2.11. The molecule has 0 aliphatic rings. The highest BCUT2D eigenvalue weighted by Gasteiger charge is 2.23. The van der Waals surface area contributed by atoms with Crippen molar-refractivity contribution in [2.75, 3.05) is 0 Å². The molecule has 1 aromatic carbocycles. The summed E-state index contributed by atoms with van der Waals surface area (Å²) in [6.07, 6.45) is -0.337. The number of hydrogen-bond donors (Lipinski definition) is 3. The molecular formula is C10H11O8S2. The zero-order valence-corrected chi connectivity index (χ0v) is 11.6. The fourth-order valence-corrected chi connectivity index (χ4v) is 2.80. The number of rotatable bonds is 5. The Morgan fingerprint density at radius 2 is 1.70 bits per heavy atom. The Kier molecular flexibility index (Phi) is 4.54. The zero-order chi connectivity index (χ0) is 15.7. The van der Waals surface area contributed by atoms with Gasteiger partial charge in [-0.3, -0.25) is 13.9 Å². The molecule has 0 bridgehead atoms. The molecule has 0 aliphatic carbocycles. The second-order valence-corrected chi connectivity index (χ2v) is 6.77. The van der Waals surface area contributed by atoms with Gasteiger partial charge in [-0.2, -0.15) is 16.8 Å². The van der Waals surface area contributed by atoms with E-state index in [1.54, 1.807) is 0 Å². The molecule has 0 amide bonds. The molecule has 0 spiro atoms. The number of carboxylic acids is 1. The van der Waals surface area contributed by atoms with Crippen LogP contribution < -0.4 is 0 Å². The number of benzene rings is 1. The number of hydrogen-bond acceptors (Lipinski definition) is 5. The minimum Gasteiger partial charge on any atom is -0.481 e. The van der Waals surface area contributed by atoms with Crippen molar-refractivity contribution in [1.29, 1.82) is 0 Å². The van der Waals surface area contributed by atoms with Crippen molar-refractivity contribution in [1.82, 2.24) is 0 Å². The van der Waals surface area contributed by atoms with E-state index in [2.05, 4.69) is 6.92 Å². The average molecular weight is 323 g/mol. The van der Waals surface area contributed by atoms with Crippen LogP contribution in [-0.2, 0) is 31.5 Å². The van der Waals surface area contributed by atoms with Gasteiger partial charge in [0.2, 0.25) is 0 Å². The van der Waals surface area contributed by atoms with Crippen molar-refractivity contribution in [3.63, 3.8) is 0 Å². The van der Waals surface area contributed by atoms with Crippen LogP contribution in [0.4, 0.5) is 0 Å². The third kappa shape index (κ3) is 4.00. The summed E-state index contributed by atoms with van der Waals surface area (Å²) in [5.74, 6) is -2.47. The third-order valence-electron chi connectivity index (χ3n) is 2.43. The molecule has 3 N–H and O–H groups in total. The lowest BCUT2D eigenvalue weighted by atomic mass is 10.0. The predicted molar refractivity (Wildman–Crippen MR) is 66.3 cm³/mol. The van der Waals surface area contributed by atoms with Crippen molar-refractivity contribution in [3.05, 3.63) is 30.7 Å². The number of carbonyl (C=O) groups is 1. The summed E-state index contributed by atoms with van der Waals surface area (Å²) in [6, 6.07) is 2.44. The van der Waals surface area contributed by atoms with E-state index in [0.717, 1.165) is 12.1 Å². The molecular weight excluding hydrogens is 312 g/mol. The molecule has 0 saturated carbocycles. The van der Waals surface area contributed by atoms with E-state index in [1.165, 1.54) is 0 Å². The summed E-state index contributed by atoms with van der Waals surface area (Å²) in [6.45, 7) is 3.28. The molecule has 111 valence electrons. The molecule has 20 heavy (non-hydrogen) atoms. The fourth-order valence-electron chi connectivity index (χ4n) is 1.46. The second kappa shape index (κ2) is 5.48. The normalized spacial score (nSPS) is 13.9. The Hall–Kier alpha value is -1.49. The van der Waals surface area contributed by atoms with Crippen molar-refractivity contribution >= 4 is 26.2 Å². The smallest absolute Gasteiger partial charge is 0.306 e. The monoisotopic (exact) mass is 323 g/mol. The quantitative estimate of drug-likeness (QED) is 0.654. The lowest BCUT2D eigenvalue weighted by Crippen LogP contribution is -2.15. The van der Waals surface area contributed by atoms with Crippen LogP contribution >= 0.6 is 0 Å². The topological polar surface area (TPSA) is 146 Å². The van der Waals surface area contributed by atoms with Gasteiger partial charge in [-0.25, -0.2) is 0 Å². The molecule has 1 aromatic rings. The summed E-state index contributed by atoms with van der Waals surface area (Å²) in [7, 11) is -9.44. The molecule has 8 nitrogen and oxygen atoms in total. The minimum atomic E-state index is -4.78. The second-order valence-electron chi connectivity index (χ2n) is 3.96. The van der Waals surface area contributed by atoms with Crippen molar-refractivity contribution in [3.8, 4) is 0 Å². The maximum atomic E-state index is 11.2. The van der Waals surface area contributed by atoms with E-state index < -0.39 is 41.9 Å². The Morgan fingerprint density at radius 1 is 1.15 bits per heavy atom. The van der Waals surface area contributed by atoms with E-state index in [0.29, 0.717) is 6.07 Å². The summed E-state index contributed by atoms with van der Waals surface area (Å²) in [4.78, 5) is 9.16. The first kappa shape index (κ1) is 16.6. The molecule has 0 saturated heterocycles. The summed E-state index contributed by atoms with van der Waals surface area (Å²) >= 11 is 0. The first-order valence-corrected chi connectivity index (χ1v) is 7.94. The molecule has 1 rings (SSSR count). The highest BCUT2D eigenvalue weighted by molar-refractivity contribution is 7.86. The summed E-state index contributed by atoms with van der Waals surface area (Å²) < 4.78 is 62.1. The molecule has 0 aliphatic heterocycles. The average Bonchev–Trinajstić information content (AvgIpc) is 2.26. The summed E-state index contributed by atoms with van der Waals surface area (Å²) in [5, 5.41) is 8.71. The number of aliphatic carboxylic acids is 1. The highest BCUT2D eigenvalue weighted by atomic mass is 32.2. The zero-order valence-electron chi connectivity index (χ0n) is 9.92. The first-order valence-electron chi connectivity index (χ1n) is 5.06. The molecule has 0 fully saturated rings. The molecule has 1 atom stereocenters. The van der Waals surface area contributed by atoms with E-state index in [-0.39, 0.29) is 12.0 Å². The highest BCUT2D eigenvalue weighted by Crippen LogP contribution is 2.23. The largest absolute Gasteiger partial charge is 0.481 e. The molecule has 10 heteroatoms. The SMILES string of the molecule is [CH2]C(Cc1ccc(S(=O)(=O)O)cc1S(=O)(=O)O)C(=O)O. The van der Waals surface area contributed by atoms with Gasteiger partial charge in [-0.15, -0.1) is 0 Å². The standard InChI is InChI=1S/C10H11O8S2/c1-6(10(11)12)4-7-2-3-8(19(13,14)15)5-9(7)20(16,17)18/h2-3,5-6H,1,4H2,(H,11,12)(H,13,14,15)(H,16,17,18). The predicted octanol–water partition coefficient (Wildman–Crippen LogP) is 0.257. The Balaban J connectivity index is 3.44. The molecule has 0 heterocycles. The Bertz CT molecular complexity index is 733. The van der Waals surface area contributed by atoms with E-state index in [9.17, 15) is 21.6 Å². The molecule has 0 aromatic heterocycles. The van der Waals surface area contributed by atoms with Crippen LogP contribution in [0.25, 0.3) is 0 Å². The fraction of sp³-hybridized carbons (Fsp3) is 0.200. The number of carboxylic acid groups (broad SMARTS) is 1. The minimum absolute atomic E-state index is 0.123. The van der Waals surface area contributed by atoms with E-state index in [4.69, 9.17) is 14.2 Å². The van der Waals surface area contributed by atoms with Crippen molar-refractivity contribution in [2.24, 2.45) is 5.92 Å². The van der Waals surface area contributed by atoms with Crippen LogP contribution in [0.5, 0.6) is 0 Å². The van der Waals surface area contributed by atoms with Gasteiger partial charge in [0.25, 0.3) is 20.2 Å². The van der Waals surface area contributed by atoms with E-state index in [1.807, 2.05) is 0 Å². The Labute approximate surface area is 115 Å². The lowest BCUT2D eigenvalue weighted by molar-refractivity contribution is -0.140. The van der Waals surface area contributed by atoms with Gasteiger partial charge in [0, 0.05) is 0 Å². The van der Waals surface area contributed by atoms with Crippen LogP contribution in [0.3, 0.4) is 0 Å². The van der Waals surface area contributed by atoms with Gasteiger partial charge >= 0.3 is 5.97 Å². The molecule has 1 radical (unpaired) electrons. The van der Waals surface area contributed by atoms with Gasteiger partial charge in [0.1, 0.15) is 0 Å². The Morgan fingerprint density at radius 3 is 2.10 bits per heavy atom. The van der Waals surface area contributed by atoms with Crippen LogP contribution in [-0.4, -0.2) is 37.0 Å². The van der Waals surface area contributed by atoms with Crippen LogP contribution in [0.1, 0.15) is 5.56 Å². The van der Waals surface area contributed by atoms with Gasteiger partial charge in [0.15, 0.2) is 0 Å². The van der Waals surface area contributed by atoms with Crippen molar-refractivity contribution in [2.45, 2.75) is 16.2 Å². The maximum Gasteiger partial charge on any atom is 0.306 e. The van der Waals surface area contributed by atoms with Gasteiger partial charge in [-0.05, 0) is 31.0 Å². The van der Waals surface area contributed by atoms with Gasteiger partial charge < -0.3 is 5.11 Å². The van der Waals surface area contributed by atoms with E-state index >= 15 is 0 Å². The van der Waals surface area contributed by atoms with Gasteiger partial charge in [0.05, 0.1) is 15.7 Å². The first-order chi connectivity index (χ1) is 8.93. The maximum absolute atomic E-state index is 11.2. The van der Waals surface area contributed by atoms with Crippen LogP contribution in [0.2, 0.25) is 0 Å². The van der Waals surface area contributed by atoms with Crippen LogP contribution in [0.15, 0.2) is 28.0 Å². The third-order valence-corrected chi connectivity index (χ3v) is 4.22. The van der Waals surface area contributed by atoms with Crippen molar-refractivity contribution < 1.29 is 35.8 Å². The van der Waals surface area contributed by atoms with Crippen LogP contribution in [0, 0.1) is 12.8 Å².